The first-order valence-corrected chi connectivity index (χ1v) is 7.93. The second-order valence-corrected chi connectivity index (χ2v) is 6.45. The minimum atomic E-state index is -0.0364. The van der Waals surface area contributed by atoms with Crippen molar-refractivity contribution < 1.29 is 4.79 Å². The van der Waals surface area contributed by atoms with E-state index >= 15 is 0 Å². The number of fused-ring (bicyclic) bond motifs is 1. The summed E-state index contributed by atoms with van der Waals surface area (Å²) in [7, 11) is 0. The monoisotopic (exact) mass is 284 g/mol. The number of carbonyl (C=O) groups excluding carboxylic acids is 1. The Morgan fingerprint density at radius 1 is 1.38 bits per heavy atom. The van der Waals surface area contributed by atoms with Gasteiger partial charge in [-0.15, -0.1) is 0 Å². The fourth-order valence-corrected chi connectivity index (χ4v) is 3.55. The summed E-state index contributed by atoms with van der Waals surface area (Å²) in [6, 6.07) is 8.04. The number of piperidine rings is 1. The maximum absolute atomic E-state index is 13.0. The van der Waals surface area contributed by atoms with E-state index < -0.39 is 0 Å². The zero-order valence-electron chi connectivity index (χ0n) is 13.1. The van der Waals surface area contributed by atoms with Gasteiger partial charge in [0.05, 0.1) is 6.04 Å². The predicted molar refractivity (Wildman–Crippen MR) is 86.8 cm³/mol. The molecule has 1 aromatic carbocycles. The normalized spacial score (nSPS) is 21.6. The molecule has 1 fully saturated rings. The average molecular weight is 284 g/mol. The molecule has 0 radical (unpaired) electrons. The van der Waals surface area contributed by atoms with E-state index in [9.17, 15) is 4.79 Å². The number of likely N-dealkylation sites (tertiary alicyclic amines) is 1. The van der Waals surface area contributed by atoms with E-state index in [-0.39, 0.29) is 11.8 Å². The molecule has 112 valence electrons. The van der Waals surface area contributed by atoms with Crippen LogP contribution in [0.3, 0.4) is 0 Å². The van der Waals surface area contributed by atoms with E-state index in [2.05, 4.69) is 23.7 Å². The maximum Gasteiger partial charge on any atom is 0.182 e. The molecular formula is C18H24N2O. The number of aryl methyl sites for hydroxylation is 1. The first kappa shape index (κ1) is 14.3. The fraction of sp³-hybridized carbons (Fsp3) is 0.500. The first-order chi connectivity index (χ1) is 10.1. The molecule has 0 unspecified atom stereocenters. The summed E-state index contributed by atoms with van der Waals surface area (Å²) < 4.78 is 0. The van der Waals surface area contributed by atoms with Crippen LogP contribution in [0.15, 0.2) is 24.3 Å². The highest BCUT2D eigenvalue weighted by Crippen LogP contribution is 2.26. The standard InChI is InChI=1S/C18H24N2O/c1-12-7-6-10-20(11-12)14(3)18(21)17-13(2)19-16-9-5-4-8-15(16)17/h4-5,8-9,12,14,19H,6-7,10-11H2,1-3H3/t12-,14-/m0/s1. The summed E-state index contributed by atoms with van der Waals surface area (Å²) in [5, 5.41) is 1.05. The Morgan fingerprint density at radius 2 is 2.14 bits per heavy atom. The highest BCUT2D eigenvalue weighted by molar-refractivity contribution is 6.11. The summed E-state index contributed by atoms with van der Waals surface area (Å²) in [6.45, 7) is 8.41. The number of H-pyrrole nitrogens is 1. The van der Waals surface area contributed by atoms with Crippen LogP contribution in [0.2, 0.25) is 0 Å². The summed E-state index contributed by atoms with van der Waals surface area (Å²) in [4.78, 5) is 18.7. The molecule has 1 aromatic heterocycles. The molecule has 3 rings (SSSR count). The molecule has 21 heavy (non-hydrogen) atoms. The van der Waals surface area contributed by atoms with Crippen molar-refractivity contribution >= 4 is 16.7 Å². The number of nitrogens with one attached hydrogen (secondary N) is 1. The van der Waals surface area contributed by atoms with Gasteiger partial charge in [0.25, 0.3) is 0 Å². The van der Waals surface area contributed by atoms with Gasteiger partial charge in [0.2, 0.25) is 0 Å². The number of ketones is 1. The van der Waals surface area contributed by atoms with Crippen LogP contribution in [-0.2, 0) is 0 Å². The van der Waals surface area contributed by atoms with E-state index in [0.29, 0.717) is 5.92 Å². The number of para-hydroxylation sites is 1. The van der Waals surface area contributed by atoms with Crippen LogP contribution >= 0.6 is 0 Å². The second-order valence-electron chi connectivity index (χ2n) is 6.45. The van der Waals surface area contributed by atoms with Crippen molar-refractivity contribution in [3.8, 4) is 0 Å². The number of aromatic nitrogens is 1. The lowest BCUT2D eigenvalue weighted by atomic mass is 9.95. The fourth-order valence-electron chi connectivity index (χ4n) is 3.55. The Hall–Kier alpha value is -1.61. The van der Waals surface area contributed by atoms with Crippen LogP contribution in [0.25, 0.3) is 10.9 Å². The number of Topliss-reactive ketones (excluding diaryl/α,β-unsaturated/α-hetero) is 1. The number of aromatic amines is 1. The number of hydrogen-bond acceptors (Lipinski definition) is 2. The van der Waals surface area contributed by atoms with Crippen LogP contribution in [0.4, 0.5) is 0 Å². The van der Waals surface area contributed by atoms with Crippen LogP contribution in [0.1, 0.15) is 42.7 Å². The van der Waals surface area contributed by atoms with Crippen LogP contribution in [0, 0.1) is 12.8 Å². The summed E-state index contributed by atoms with van der Waals surface area (Å²) in [6.07, 6.45) is 2.48. The van der Waals surface area contributed by atoms with Gasteiger partial charge in [0.1, 0.15) is 0 Å². The van der Waals surface area contributed by atoms with Crippen LogP contribution in [0.5, 0.6) is 0 Å². The zero-order valence-corrected chi connectivity index (χ0v) is 13.1. The average Bonchev–Trinajstić information content (AvgIpc) is 2.81. The van der Waals surface area contributed by atoms with Crippen molar-refractivity contribution in [3.63, 3.8) is 0 Å². The van der Waals surface area contributed by atoms with Gasteiger partial charge in [-0.1, -0.05) is 25.1 Å². The summed E-state index contributed by atoms with van der Waals surface area (Å²) in [5.41, 5.74) is 2.91. The van der Waals surface area contributed by atoms with Crippen LogP contribution in [-0.4, -0.2) is 34.8 Å². The third-order valence-electron chi connectivity index (χ3n) is 4.76. The molecule has 1 saturated heterocycles. The molecule has 1 aliphatic heterocycles. The quantitative estimate of drug-likeness (QED) is 0.871. The van der Waals surface area contributed by atoms with Crippen molar-refractivity contribution in [3.05, 3.63) is 35.5 Å². The third-order valence-corrected chi connectivity index (χ3v) is 4.76. The second kappa shape index (κ2) is 5.64. The molecule has 1 N–H and O–H groups in total. The SMILES string of the molecule is Cc1[nH]c2ccccc2c1C(=O)[C@H](C)N1CCC[C@H](C)C1. The molecule has 0 aliphatic carbocycles. The van der Waals surface area contributed by atoms with Crippen molar-refractivity contribution in [1.82, 2.24) is 9.88 Å². The van der Waals surface area contributed by atoms with Crippen molar-refractivity contribution in [2.75, 3.05) is 13.1 Å². The molecule has 0 bridgehead atoms. The molecule has 3 nitrogen and oxygen atoms in total. The topological polar surface area (TPSA) is 36.1 Å². The van der Waals surface area contributed by atoms with Gasteiger partial charge in [0, 0.05) is 28.7 Å². The number of nitrogens with zero attached hydrogens (tertiary/aromatic N) is 1. The Kier molecular flexibility index (Phi) is 3.85. The molecule has 2 atom stereocenters. The minimum Gasteiger partial charge on any atom is -0.358 e. The van der Waals surface area contributed by atoms with Gasteiger partial charge >= 0.3 is 0 Å². The van der Waals surface area contributed by atoms with Crippen molar-refractivity contribution in [2.45, 2.75) is 39.7 Å². The van der Waals surface area contributed by atoms with Crippen LogP contribution < -0.4 is 0 Å². The van der Waals surface area contributed by atoms with Gasteiger partial charge in [-0.3, -0.25) is 9.69 Å². The molecule has 2 aromatic rings. The van der Waals surface area contributed by atoms with Crippen molar-refractivity contribution in [1.29, 1.82) is 0 Å². The highest BCUT2D eigenvalue weighted by atomic mass is 16.1. The Morgan fingerprint density at radius 3 is 2.90 bits per heavy atom. The van der Waals surface area contributed by atoms with E-state index in [1.807, 2.05) is 31.2 Å². The largest absolute Gasteiger partial charge is 0.358 e. The minimum absolute atomic E-state index is 0.0364. The Bertz CT molecular complexity index is 658. The molecule has 3 heteroatoms. The van der Waals surface area contributed by atoms with Gasteiger partial charge in [0.15, 0.2) is 5.78 Å². The van der Waals surface area contributed by atoms with E-state index in [1.54, 1.807) is 0 Å². The number of rotatable bonds is 3. The number of hydrogen-bond donors (Lipinski definition) is 1. The lowest BCUT2D eigenvalue weighted by Crippen LogP contribution is -2.44. The maximum atomic E-state index is 13.0. The molecular weight excluding hydrogens is 260 g/mol. The molecule has 1 aliphatic rings. The van der Waals surface area contributed by atoms with Gasteiger partial charge in [-0.05, 0) is 45.2 Å². The third kappa shape index (κ3) is 2.62. The highest BCUT2D eigenvalue weighted by Gasteiger charge is 2.28. The smallest absolute Gasteiger partial charge is 0.182 e. The number of carbonyl (C=O) groups is 1. The van der Waals surface area contributed by atoms with Gasteiger partial charge in [-0.25, -0.2) is 0 Å². The van der Waals surface area contributed by atoms with Gasteiger partial charge < -0.3 is 4.98 Å². The zero-order chi connectivity index (χ0) is 15.0. The molecule has 0 saturated carbocycles. The lowest BCUT2D eigenvalue weighted by Gasteiger charge is -2.34. The Labute approximate surface area is 126 Å². The summed E-state index contributed by atoms with van der Waals surface area (Å²) in [5.74, 6) is 0.942. The van der Waals surface area contributed by atoms with Crippen molar-refractivity contribution in [2.24, 2.45) is 5.92 Å². The summed E-state index contributed by atoms with van der Waals surface area (Å²) >= 11 is 0. The Balaban J connectivity index is 1.91. The number of benzene rings is 1. The molecule has 0 spiro atoms. The van der Waals surface area contributed by atoms with Gasteiger partial charge in [-0.2, -0.15) is 0 Å². The first-order valence-electron chi connectivity index (χ1n) is 7.93. The van der Waals surface area contributed by atoms with E-state index in [0.717, 1.165) is 35.2 Å². The van der Waals surface area contributed by atoms with E-state index in [4.69, 9.17) is 0 Å². The lowest BCUT2D eigenvalue weighted by molar-refractivity contribution is 0.0766. The predicted octanol–water partition coefficient (Wildman–Crippen LogP) is 3.78. The molecule has 0 amide bonds. The van der Waals surface area contributed by atoms with E-state index in [1.165, 1.54) is 12.8 Å². The molecule has 2 heterocycles.